The second-order valence-corrected chi connectivity index (χ2v) is 13.9. The fourth-order valence-corrected chi connectivity index (χ4v) is 7.18. The Balaban J connectivity index is 1.20. The van der Waals surface area contributed by atoms with Gasteiger partial charge in [0.2, 0.25) is 0 Å². The van der Waals surface area contributed by atoms with Gasteiger partial charge in [0.15, 0.2) is 0 Å². The minimum Gasteiger partial charge on any atom is -0.371 e. The topological polar surface area (TPSA) is 28.5 Å². The van der Waals surface area contributed by atoms with Gasteiger partial charge < -0.3 is 4.90 Å². The Morgan fingerprint density at radius 2 is 1.93 bits per heavy atom. The fourth-order valence-electron chi connectivity index (χ4n) is 6.97. The highest BCUT2D eigenvalue weighted by Crippen LogP contribution is 2.53. The molecule has 2 aliphatic heterocycles. The number of nitrogens with zero attached hydrogens (tertiary/aromatic N) is 3. The molecule has 2 aromatic rings. The van der Waals surface area contributed by atoms with E-state index in [-0.39, 0.29) is 0 Å². The molecule has 214 valence electrons. The molecule has 0 radical (unpaired) electrons. The minimum absolute atomic E-state index is 0.304. The molecular weight excluding hydrogens is 531 g/mol. The van der Waals surface area contributed by atoms with Gasteiger partial charge in [-0.2, -0.15) is 0 Å². The molecule has 0 unspecified atom stereocenters. The van der Waals surface area contributed by atoms with E-state index in [1.807, 2.05) is 19.2 Å². The number of aromatic nitrogens is 1. The van der Waals surface area contributed by atoms with Gasteiger partial charge >= 0.3 is 0 Å². The highest BCUT2D eigenvalue weighted by Gasteiger charge is 2.44. The van der Waals surface area contributed by atoms with Gasteiger partial charge in [-0.1, -0.05) is 54.3 Å². The lowest BCUT2D eigenvalue weighted by molar-refractivity contribution is 0.259. The van der Waals surface area contributed by atoms with E-state index in [9.17, 15) is 0 Å². The number of aliphatic imine (C=N–C) groups is 1. The third kappa shape index (κ3) is 5.78. The van der Waals surface area contributed by atoms with Crippen LogP contribution in [0.2, 0.25) is 10.7 Å². The molecule has 0 amide bonds. The number of anilines is 1. The first kappa shape index (κ1) is 29.1. The number of hydrogen-bond acceptors (Lipinski definition) is 3. The van der Waals surface area contributed by atoms with Crippen LogP contribution in [0.3, 0.4) is 0 Å². The number of aryl methyl sites for hydroxylation is 1. The van der Waals surface area contributed by atoms with Crippen LogP contribution in [0.1, 0.15) is 62.1 Å². The van der Waals surface area contributed by atoms with E-state index in [1.165, 1.54) is 59.2 Å². The Bertz CT molecular complexity index is 1570. The van der Waals surface area contributed by atoms with Gasteiger partial charge in [0.25, 0.3) is 0 Å². The molecule has 42 heavy (non-hydrogen) atoms. The van der Waals surface area contributed by atoms with E-state index in [4.69, 9.17) is 16.6 Å². The van der Waals surface area contributed by atoms with E-state index in [0.717, 1.165) is 54.9 Å². The molecule has 3 heterocycles. The number of piperidine rings is 1. The Hall–Kier alpha value is -3.04. The van der Waals surface area contributed by atoms with Crippen molar-refractivity contribution in [1.82, 2.24) is 4.98 Å². The predicted octanol–water partition coefficient (Wildman–Crippen LogP) is 7.09. The molecule has 6 heteroatoms. The normalized spacial score (nSPS) is 20.1. The summed E-state index contributed by atoms with van der Waals surface area (Å²) in [6.45, 7) is 15.6. The Morgan fingerprint density at radius 1 is 1.19 bits per heavy atom. The van der Waals surface area contributed by atoms with E-state index in [1.54, 1.807) is 11.8 Å². The number of rotatable bonds is 9. The zero-order valence-corrected chi connectivity index (χ0v) is 26.5. The lowest BCUT2D eigenvalue weighted by Crippen LogP contribution is -2.43. The maximum atomic E-state index is 6.60. The molecule has 1 aromatic carbocycles. The number of allylic oxidation sites excluding steroid dienone is 7. The third-order valence-electron chi connectivity index (χ3n) is 9.62. The van der Waals surface area contributed by atoms with Crippen molar-refractivity contribution in [3.63, 3.8) is 0 Å². The summed E-state index contributed by atoms with van der Waals surface area (Å²) < 4.78 is 0. The Kier molecular flexibility index (Phi) is 8.00. The van der Waals surface area contributed by atoms with Crippen LogP contribution in [0.15, 0.2) is 94.8 Å². The summed E-state index contributed by atoms with van der Waals surface area (Å²) in [5.74, 6) is 0.707. The zero-order valence-electron chi connectivity index (χ0n) is 25.8. The van der Waals surface area contributed by atoms with Crippen LogP contribution in [0, 0.1) is 18.3 Å². The van der Waals surface area contributed by atoms with Crippen LogP contribution in [0.25, 0.3) is 5.57 Å². The third-order valence-corrected chi connectivity index (χ3v) is 9.92. The van der Waals surface area contributed by atoms with E-state index in [0.29, 0.717) is 22.1 Å². The first-order valence-corrected chi connectivity index (χ1v) is 16.0. The number of halogens is 1. The largest absolute Gasteiger partial charge is 0.371 e. The fraction of sp³-hybridized carbons (Fsp3) is 0.389. The Morgan fingerprint density at radius 3 is 2.57 bits per heavy atom. The molecule has 0 bridgehead atoms. The average molecular weight is 574 g/mol. The van der Waals surface area contributed by atoms with Crippen molar-refractivity contribution in [3.8, 4) is 0 Å². The number of benzene rings is 1. The second kappa shape index (κ2) is 11.6. The van der Waals surface area contributed by atoms with Crippen molar-refractivity contribution in [2.45, 2.75) is 58.1 Å². The van der Waals surface area contributed by atoms with Crippen LogP contribution in [0.5, 0.6) is 0 Å². The standard InChI is InChI=1S/C36H42B2ClN3/c1-22(2)24(4)15-26(16-33(37)38)30-17-28(8-5-23(30)3)42-13-10-36(11-14-42)18-27(19-36)34-31(25-6-7-25)20-41-35(34)29-9-12-40-21-32(29)39/h5,8-9,12,15,17-18,21,25,33H,1,4,6-7,10-11,13-14,16,19-20,37-38H2,2-3H3/b26-15-. The molecule has 1 saturated heterocycles. The van der Waals surface area contributed by atoms with Gasteiger partial charge in [-0.15, -0.1) is 0 Å². The van der Waals surface area contributed by atoms with Crippen LogP contribution in [-0.4, -0.2) is 46.0 Å². The molecular formula is C36H42B2ClN3. The molecule has 0 atom stereocenters. The van der Waals surface area contributed by atoms with Crippen molar-refractivity contribution in [1.29, 1.82) is 0 Å². The molecule has 2 aliphatic carbocycles. The van der Waals surface area contributed by atoms with Gasteiger partial charge in [-0.05, 0) is 115 Å². The molecule has 1 spiro atoms. The molecule has 0 N–H and O–H groups in total. The van der Waals surface area contributed by atoms with E-state index < -0.39 is 0 Å². The minimum atomic E-state index is 0.304. The summed E-state index contributed by atoms with van der Waals surface area (Å²) in [6.07, 6.45) is 15.6. The summed E-state index contributed by atoms with van der Waals surface area (Å²) in [5.41, 5.74) is 14.8. The first-order valence-electron chi connectivity index (χ1n) is 15.7. The van der Waals surface area contributed by atoms with Gasteiger partial charge in [-0.25, -0.2) is 0 Å². The summed E-state index contributed by atoms with van der Waals surface area (Å²) in [6, 6.07) is 9.05. The van der Waals surface area contributed by atoms with Gasteiger partial charge in [0.05, 0.1) is 33.0 Å². The summed E-state index contributed by atoms with van der Waals surface area (Å²) in [5, 5.41) is 0.696. The van der Waals surface area contributed by atoms with Crippen molar-refractivity contribution in [2.24, 2.45) is 16.3 Å². The molecule has 1 aromatic heterocycles. The van der Waals surface area contributed by atoms with Crippen LogP contribution in [0.4, 0.5) is 5.69 Å². The number of pyridine rings is 1. The Labute approximate surface area is 259 Å². The molecule has 3 nitrogen and oxygen atoms in total. The highest BCUT2D eigenvalue weighted by atomic mass is 35.5. The number of hydrogen-bond donors (Lipinski definition) is 0. The summed E-state index contributed by atoms with van der Waals surface area (Å²) >= 11 is 6.60. The molecule has 4 aliphatic rings. The van der Waals surface area contributed by atoms with Gasteiger partial charge in [0, 0.05) is 42.3 Å². The van der Waals surface area contributed by atoms with E-state index >= 15 is 0 Å². The summed E-state index contributed by atoms with van der Waals surface area (Å²) in [7, 11) is 4.58. The average Bonchev–Trinajstić information content (AvgIpc) is 3.70. The lowest BCUT2D eigenvalue weighted by atomic mass is 9.62. The molecule has 1 saturated carbocycles. The molecule has 2 fully saturated rings. The van der Waals surface area contributed by atoms with Gasteiger partial charge in [0.1, 0.15) is 0 Å². The second-order valence-electron chi connectivity index (χ2n) is 13.5. The summed E-state index contributed by atoms with van der Waals surface area (Å²) in [4.78, 5) is 11.8. The maximum Gasteiger partial charge on any atom is 0.0960 e. The predicted molar refractivity (Wildman–Crippen MR) is 186 cm³/mol. The van der Waals surface area contributed by atoms with Crippen molar-refractivity contribution >= 4 is 44.3 Å². The van der Waals surface area contributed by atoms with Crippen molar-refractivity contribution in [2.75, 3.05) is 24.5 Å². The quantitative estimate of drug-likeness (QED) is 0.237. The van der Waals surface area contributed by atoms with Crippen LogP contribution >= 0.6 is 11.6 Å². The van der Waals surface area contributed by atoms with Crippen molar-refractivity contribution in [3.05, 3.63) is 112 Å². The van der Waals surface area contributed by atoms with Crippen LogP contribution in [-0.2, 0) is 0 Å². The smallest absolute Gasteiger partial charge is 0.0960 e. The monoisotopic (exact) mass is 573 g/mol. The van der Waals surface area contributed by atoms with E-state index in [2.05, 4.69) is 76.0 Å². The maximum absolute atomic E-state index is 6.60. The lowest BCUT2D eigenvalue weighted by Gasteiger charge is -2.47. The van der Waals surface area contributed by atoms with Crippen molar-refractivity contribution < 1.29 is 0 Å². The van der Waals surface area contributed by atoms with Crippen LogP contribution < -0.4 is 4.90 Å². The SMILES string of the molecule is BC(B)C/C(=C/C(=C)C(=C)C)c1cc(N2CCC3(C=C(C4=C(C5CC5)CN=C4c4ccncc4Cl)C3)CC2)ccc1C. The zero-order chi connectivity index (χ0) is 29.6. The molecule has 6 rings (SSSR count). The first-order chi connectivity index (χ1) is 20.1. The van der Waals surface area contributed by atoms with Gasteiger partial charge in [-0.3, -0.25) is 9.98 Å². The highest BCUT2D eigenvalue weighted by molar-refractivity contribution is 6.36.